The van der Waals surface area contributed by atoms with E-state index >= 15 is 0 Å². The summed E-state index contributed by atoms with van der Waals surface area (Å²) in [4.78, 5) is 0. The van der Waals surface area contributed by atoms with Crippen LogP contribution in [0.3, 0.4) is 0 Å². The largest absolute Gasteiger partial charge is 0.395 e. The van der Waals surface area contributed by atoms with Gasteiger partial charge in [0.05, 0.1) is 24.1 Å². The Hall–Kier alpha value is 0.190. The molecule has 99 valence electrons. The highest BCUT2D eigenvalue weighted by Gasteiger charge is 2.45. The average Bonchev–Trinajstić information content (AvgIpc) is 2.37. The van der Waals surface area contributed by atoms with Crippen LogP contribution in [0.4, 0.5) is 0 Å². The van der Waals surface area contributed by atoms with E-state index in [9.17, 15) is 20.4 Å². The van der Waals surface area contributed by atoms with Gasteiger partial charge in [0.2, 0.25) is 0 Å². The van der Waals surface area contributed by atoms with Crippen LogP contribution in [-0.2, 0) is 0 Å². The molecule has 1 saturated carbocycles. The van der Waals surface area contributed by atoms with E-state index in [0.717, 1.165) is 19.3 Å². The minimum Gasteiger partial charge on any atom is -0.395 e. The summed E-state index contributed by atoms with van der Waals surface area (Å²) in [6, 6.07) is 0. The number of rotatable bonds is 2. The van der Waals surface area contributed by atoms with Crippen molar-refractivity contribution in [3.8, 4) is 0 Å². The molecule has 2 rings (SSSR count). The molecule has 1 aliphatic heterocycles. The lowest BCUT2D eigenvalue weighted by molar-refractivity contribution is -0.0741. The topological polar surface area (TPSA) is 80.9 Å². The molecule has 0 aromatic rings. The molecular weight excluding hydrogens is 240 g/mol. The Morgan fingerprint density at radius 2 is 1.82 bits per heavy atom. The van der Waals surface area contributed by atoms with E-state index in [1.54, 1.807) is 0 Å². The Balaban J connectivity index is 2.04. The van der Waals surface area contributed by atoms with Crippen LogP contribution in [0.5, 0.6) is 0 Å². The predicted molar refractivity (Wildman–Crippen MR) is 66.5 cm³/mol. The maximum Gasteiger partial charge on any atom is 0.108 e. The summed E-state index contributed by atoms with van der Waals surface area (Å²) < 4.78 is 0. The molecule has 1 unspecified atom stereocenters. The third-order valence-electron chi connectivity index (χ3n) is 3.81. The van der Waals surface area contributed by atoms with Crippen molar-refractivity contribution in [2.75, 3.05) is 6.61 Å². The van der Waals surface area contributed by atoms with Gasteiger partial charge in [0, 0.05) is 5.25 Å². The van der Waals surface area contributed by atoms with E-state index in [-0.39, 0.29) is 17.8 Å². The zero-order valence-electron chi connectivity index (χ0n) is 9.77. The van der Waals surface area contributed by atoms with Gasteiger partial charge in [-0.1, -0.05) is 12.8 Å². The second-order valence-corrected chi connectivity index (χ2v) is 6.40. The zero-order valence-corrected chi connectivity index (χ0v) is 10.6. The van der Waals surface area contributed by atoms with Crippen LogP contribution in [0.2, 0.25) is 0 Å². The highest BCUT2D eigenvalue weighted by atomic mass is 32.2. The first-order chi connectivity index (χ1) is 8.15. The van der Waals surface area contributed by atoms with Crippen molar-refractivity contribution in [1.29, 1.82) is 0 Å². The lowest BCUT2D eigenvalue weighted by Gasteiger charge is -2.43. The highest BCUT2D eigenvalue weighted by molar-refractivity contribution is 8.00. The number of thioether (sulfide) groups is 1. The minimum atomic E-state index is -1.14. The molecule has 0 aromatic carbocycles. The molecule has 0 bridgehead atoms. The quantitative estimate of drug-likeness (QED) is 0.560. The van der Waals surface area contributed by atoms with Crippen molar-refractivity contribution < 1.29 is 20.4 Å². The Morgan fingerprint density at radius 1 is 1.06 bits per heavy atom. The van der Waals surface area contributed by atoms with E-state index < -0.39 is 23.6 Å². The van der Waals surface area contributed by atoms with Gasteiger partial charge >= 0.3 is 0 Å². The summed E-state index contributed by atoms with van der Waals surface area (Å²) in [5, 5.41) is 38.3. The molecule has 1 radical (unpaired) electrons. The van der Waals surface area contributed by atoms with E-state index in [4.69, 9.17) is 0 Å². The first-order valence-corrected chi connectivity index (χ1v) is 7.23. The molecule has 2 fully saturated rings. The molecule has 4 nitrogen and oxygen atoms in total. The fraction of sp³-hybridized carbons (Fsp3) is 0.917. The number of aliphatic hydroxyl groups is 4. The Kier molecular flexibility index (Phi) is 4.72. The predicted octanol–water partition coefficient (Wildman–Crippen LogP) is -0.0601. The minimum absolute atomic E-state index is 0.106. The Bertz CT molecular complexity index is 241. The van der Waals surface area contributed by atoms with Crippen LogP contribution in [-0.4, -0.2) is 55.8 Å². The molecule has 1 heterocycles. The molecule has 0 spiro atoms. The monoisotopic (exact) mass is 261 g/mol. The summed E-state index contributed by atoms with van der Waals surface area (Å²) >= 11 is 1.42. The van der Waals surface area contributed by atoms with Crippen molar-refractivity contribution >= 4 is 11.8 Å². The van der Waals surface area contributed by atoms with Gasteiger partial charge in [0.1, 0.15) is 6.10 Å². The van der Waals surface area contributed by atoms with Gasteiger partial charge in [-0.3, -0.25) is 0 Å². The Labute approximate surface area is 106 Å². The van der Waals surface area contributed by atoms with E-state index in [1.807, 2.05) is 0 Å². The number of aliphatic hydroxyl groups excluding tert-OH is 4. The second-order valence-electron chi connectivity index (χ2n) is 4.98. The molecule has 1 saturated heterocycles. The van der Waals surface area contributed by atoms with Crippen LogP contribution in [0.25, 0.3) is 0 Å². The molecule has 17 heavy (non-hydrogen) atoms. The molecule has 0 aromatic heterocycles. The third-order valence-corrected chi connectivity index (χ3v) is 5.53. The fourth-order valence-electron chi connectivity index (χ4n) is 2.76. The molecule has 0 amide bonds. The SMILES string of the molecule is OC[C@H]1S[C@@H](C2[CH]CCCC2)[C@H](O)[C@@H](O)[C@H]1O. The highest BCUT2D eigenvalue weighted by Crippen LogP contribution is 2.41. The van der Waals surface area contributed by atoms with Gasteiger partial charge in [-0.25, -0.2) is 0 Å². The first-order valence-electron chi connectivity index (χ1n) is 6.29. The van der Waals surface area contributed by atoms with Crippen LogP contribution < -0.4 is 0 Å². The molecule has 1 aliphatic carbocycles. The number of hydrogen-bond donors (Lipinski definition) is 4. The molecule has 6 atom stereocenters. The smallest absolute Gasteiger partial charge is 0.108 e. The van der Waals surface area contributed by atoms with E-state index in [1.165, 1.54) is 18.2 Å². The van der Waals surface area contributed by atoms with Crippen molar-refractivity contribution in [1.82, 2.24) is 0 Å². The fourth-order valence-corrected chi connectivity index (χ4v) is 4.34. The van der Waals surface area contributed by atoms with Gasteiger partial charge < -0.3 is 20.4 Å². The van der Waals surface area contributed by atoms with Crippen LogP contribution >= 0.6 is 11.8 Å². The lowest BCUT2D eigenvalue weighted by Crippen LogP contribution is -2.56. The maximum atomic E-state index is 10.0. The second kappa shape index (κ2) is 5.89. The molecule has 5 heteroatoms. The maximum absolute atomic E-state index is 10.0. The third kappa shape index (κ3) is 2.79. The summed E-state index contributed by atoms with van der Waals surface area (Å²) in [5.41, 5.74) is 0. The molecular formula is C12H21O4S. The van der Waals surface area contributed by atoms with E-state index in [2.05, 4.69) is 6.42 Å². The van der Waals surface area contributed by atoms with Gasteiger partial charge in [0.15, 0.2) is 0 Å². The van der Waals surface area contributed by atoms with Crippen molar-refractivity contribution in [2.24, 2.45) is 5.92 Å². The van der Waals surface area contributed by atoms with Crippen molar-refractivity contribution in [3.05, 3.63) is 6.42 Å². The molecule has 4 N–H and O–H groups in total. The van der Waals surface area contributed by atoms with Gasteiger partial charge in [0.25, 0.3) is 0 Å². The normalized spacial score (nSPS) is 44.8. The van der Waals surface area contributed by atoms with Gasteiger partial charge in [-0.05, 0) is 25.2 Å². The zero-order chi connectivity index (χ0) is 12.4. The van der Waals surface area contributed by atoms with Crippen LogP contribution in [0.15, 0.2) is 0 Å². The number of hydrogen-bond acceptors (Lipinski definition) is 5. The summed E-state index contributed by atoms with van der Waals surface area (Å²) in [6.45, 7) is -0.168. The average molecular weight is 261 g/mol. The molecule has 2 aliphatic rings. The standard InChI is InChI=1S/C12H21O4S/c13-6-8-9(14)10(15)11(16)12(17-8)7-4-2-1-3-5-7/h4,7-16H,1-3,5-6H2/t7?,8-,9+,10+,11-,12+/m1/s1. The van der Waals surface area contributed by atoms with Crippen molar-refractivity contribution in [2.45, 2.75) is 54.5 Å². The summed E-state index contributed by atoms with van der Waals surface area (Å²) in [6.07, 6.45) is 3.53. The first kappa shape index (κ1) is 13.6. The van der Waals surface area contributed by atoms with Gasteiger partial charge in [-0.2, -0.15) is 0 Å². The summed E-state index contributed by atoms with van der Waals surface area (Å²) in [5.74, 6) is 0.278. The Morgan fingerprint density at radius 3 is 2.41 bits per heavy atom. The van der Waals surface area contributed by atoms with Crippen LogP contribution in [0, 0.1) is 12.3 Å². The lowest BCUT2D eigenvalue weighted by atomic mass is 9.83. The van der Waals surface area contributed by atoms with E-state index in [0.29, 0.717) is 0 Å². The van der Waals surface area contributed by atoms with Crippen molar-refractivity contribution in [3.63, 3.8) is 0 Å². The van der Waals surface area contributed by atoms with Gasteiger partial charge in [-0.15, -0.1) is 11.8 Å². The van der Waals surface area contributed by atoms with Crippen LogP contribution in [0.1, 0.15) is 25.7 Å². The summed E-state index contributed by atoms with van der Waals surface area (Å²) in [7, 11) is 0.